The van der Waals surface area contributed by atoms with Crippen LogP contribution in [0.2, 0.25) is 5.02 Å². The smallest absolute Gasteiger partial charge is 0.310 e. The number of oxime groups is 1. The molecule has 0 saturated carbocycles. The summed E-state index contributed by atoms with van der Waals surface area (Å²) in [5, 5.41) is 13.8. The van der Waals surface area contributed by atoms with Crippen molar-refractivity contribution in [3.63, 3.8) is 0 Å². The van der Waals surface area contributed by atoms with E-state index in [0.29, 0.717) is 23.1 Å². The number of halogens is 1. The predicted octanol–water partition coefficient (Wildman–Crippen LogP) is 5.41. The van der Waals surface area contributed by atoms with E-state index >= 15 is 0 Å². The highest BCUT2D eigenvalue weighted by molar-refractivity contribution is 7.17. The van der Waals surface area contributed by atoms with Gasteiger partial charge in [0.05, 0.1) is 25.0 Å². The minimum absolute atomic E-state index is 0.129. The van der Waals surface area contributed by atoms with E-state index in [9.17, 15) is 10.0 Å². The van der Waals surface area contributed by atoms with Gasteiger partial charge in [-0.25, -0.2) is 0 Å². The normalized spacial score (nSPS) is 11.3. The lowest BCUT2D eigenvalue weighted by atomic mass is 10.0. The predicted molar refractivity (Wildman–Crippen MR) is 116 cm³/mol. The maximum atomic E-state index is 12.1. The molecule has 0 amide bonds. The fourth-order valence-corrected chi connectivity index (χ4v) is 4.21. The fourth-order valence-electron chi connectivity index (χ4n) is 2.89. The number of rotatable bonds is 7. The minimum Gasteiger partial charge on any atom is -0.497 e. The summed E-state index contributed by atoms with van der Waals surface area (Å²) in [6.45, 7) is 2.10. The number of hydrogen-bond acceptors (Lipinski definition) is 6. The number of thiophene rings is 1. The van der Waals surface area contributed by atoms with E-state index in [4.69, 9.17) is 21.1 Å². The molecule has 3 aromatic rings. The maximum absolute atomic E-state index is 12.1. The summed E-state index contributed by atoms with van der Waals surface area (Å²) in [5.74, 6) is 0.404. The van der Waals surface area contributed by atoms with E-state index in [-0.39, 0.29) is 12.4 Å². The molecule has 1 heterocycles. The van der Waals surface area contributed by atoms with Crippen LogP contribution in [-0.4, -0.2) is 30.6 Å². The molecule has 2 aromatic carbocycles. The van der Waals surface area contributed by atoms with Gasteiger partial charge in [-0.15, -0.1) is 11.3 Å². The molecule has 0 aliphatic rings. The van der Waals surface area contributed by atoms with Crippen molar-refractivity contribution in [2.24, 2.45) is 5.16 Å². The SMILES string of the molecule is CCOC(=O)Cc1cc(C(=NO)c2ccc(OC)cc2)sc1-c1ccc(Cl)cc1. The zero-order valence-electron chi connectivity index (χ0n) is 16.0. The van der Waals surface area contributed by atoms with Gasteiger partial charge in [0, 0.05) is 15.5 Å². The highest BCUT2D eigenvalue weighted by Gasteiger charge is 2.19. The Morgan fingerprint density at radius 2 is 1.83 bits per heavy atom. The standard InChI is InChI=1S/C22H20ClNO4S/c1-3-28-20(25)13-16-12-19(29-22(16)15-4-8-17(23)9-5-15)21(24-26)14-6-10-18(27-2)11-7-14/h4-12,26H,3,13H2,1-2H3. The zero-order chi connectivity index (χ0) is 20.8. The molecule has 1 N–H and O–H groups in total. The van der Waals surface area contributed by atoms with Crippen molar-refractivity contribution in [3.05, 3.63) is 75.6 Å². The van der Waals surface area contributed by atoms with Crippen molar-refractivity contribution in [2.45, 2.75) is 13.3 Å². The second-order valence-corrected chi connectivity index (χ2v) is 7.62. The molecular formula is C22H20ClNO4S. The molecular weight excluding hydrogens is 410 g/mol. The van der Waals surface area contributed by atoms with Crippen molar-refractivity contribution in [1.82, 2.24) is 0 Å². The summed E-state index contributed by atoms with van der Waals surface area (Å²) >= 11 is 7.46. The lowest BCUT2D eigenvalue weighted by Crippen LogP contribution is -2.07. The van der Waals surface area contributed by atoms with Crippen LogP contribution in [-0.2, 0) is 16.0 Å². The number of hydrogen-bond donors (Lipinski definition) is 1. The zero-order valence-corrected chi connectivity index (χ0v) is 17.6. The van der Waals surface area contributed by atoms with Gasteiger partial charge in [-0.3, -0.25) is 4.79 Å². The molecule has 29 heavy (non-hydrogen) atoms. The molecule has 3 rings (SSSR count). The van der Waals surface area contributed by atoms with E-state index in [1.165, 1.54) is 11.3 Å². The Labute approximate surface area is 178 Å². The fraction of sp³-hybridized carbons (Fsp3) is 0.182. The quantitative estimate of drug-likeness (QED) is 0.236. The highest BCUT2D eigenvalue weighted by atomic mass is 35.5. The van der Waals surface area contributed by atoms with Crippen LogP contribution in [0.5, 0.6) is 5.75 Å². The molecule has 0 spiro atoms. The Kier molecular flexibility index (Phi) is 6.90. The lowest BCUT2D eigenvalue weighted by molar-refractivity contribution is -0.142. The first-order valence-corrected chi connectivity index (χ1v) is 10.2. The van der Waals surface area contributed by atoms with E-state index in [1.54, 1.807) is 38.3 Å². The molecule has 1 aromatic heterocycles. The second-order valence-electron chi connectivity index (χ2n) is 6.13. The molecule has 0 aliphatic carbocycles. The third-order valence-electron chi connectivity index (χ3n) is 4.25. The van der Waals surface area contributed by atoms with Crippen molar-refractivity contribution in [3.8, 4) is 16.2 Å². The van der Waals surface area contributed by atoms with Crippen LogP contribution >= 0.6 is 22.9 Å². The van der Waals surface area contributed by atoms with Gasteiger partial charge in [0.25, 0.3) is 0 Å². The number of nitrogens with zero attached hydrogens (tertiary/aromatic N) is 1. The van der Waals surface area contributed by atoms with Crippen molar-refractivity contribution in [1.29, 1.82) is 0 Å². The molecule has 7 heteroatoms. The van der Waals surface area contributed by atoms with Crippen LogP contribution in [0.3, 0.4) is 0 Å². The van der Waals surface area contributed by atoms with Crippen LogP contribution in [0.4, 0.5) is 0 Å². The van der Waals surface area contributed by atoms with Crippen LogP contribution < -0.4 is 4.74 Å². The molecule has 5 nitrogen and oxygen atoms in total. The molecule has 150 valence electrons. The van der Waals surface area contributed by atoms with Crippen LogP contribution in [0, 0.1) is 0 Å². The molecule has 0 aliphatic heterocycles. The van der Waals surface area contributed by atoms with Crippen LogP contribution in [0.25, 0.3) is 10.4 Å². The van der Waals surface area contributed by atoms with Gasteiger partial charge in [0.2, 0.25) is 0 Å². The van der Waals surface area contributed by atoms with E-state index in [1.807, 2.05) is 30.3 Å². The van der Waals surface area contributed by atoms with E-state index < -0.39 is 0 Å². The largest absolute Gasteiger partial charge is 0.497 e. The average molecular weight is 430 g/mol. The van der Waals surface area contributed by atoms with Gasteiger partial charge >= 0.3 is 5.97 Å². The van der Waals surface area contributed by atoms with Gasteiger partial charge in [0.15, 0.2) is 0 Å². The van der Waals surface area contributed by atoms with E-state index in [2.05, 4.69) is 5.16 Å². The third kappa shape index (κ3) is 4.96. The maximum Gasteiger partial charge on any atom is 0.310 e. The third-order valence-corrected chi connectivity index (χ3v) is 5.74. The van der Waals surface area contributed by atoms with Gasteiger partial charge in [0.1, 0.15) is 11.5 Å². The molecule has 0 bridgehead atoms. The number of ether oxygens (including phenoxy) is 2. The molecule has 0 fully saturated rings. The molecule has 0 radical (unpaired) electrons. The highest BCUT2D eigenvalue weighted by Crippen LogP contribution is 2.35. The first-order chi connectivity index (χ1) is 14.0. The molecule has 0 saturated heterocycles. The second kappa shape index (κ2) is 9.58. The Morgan fingerprint density at radius 1 is 1.14 bits per heavy atom. The topological polar surface area (TPSA) is 68.1 Å². The Bertz CT molecular complexity index is 1010. The summed E-state index contributed by atoms with van der Waals surface area (Å²) in [4.78, 5) is 13.7. The summed E-state index contributed by atoms with van der Waals surface area (Å²) in [6.07, 6.45) is 0.129. The van der Waals surface area contributed by atoms with Crippen LogP contribution in [0.1, 0.15) is 22.9 Å². The number of esters is 1. The first-order valence-electron chi connectivity index (χ1n) is 8.96. The molecule has 0 atom stereocenters. The summed E-state index contributed by atoms with van der Waals surface area (Å²) in [5.41, 5.74) is 2.89. The summed E-state index contributed by atoms with van der Waals surface area (Å²) < 4.78 is 10.3. The first kappa shape index (κ1) is 20.9. The number of carbonyl (C=O) groups is 1. The Morgan fingerprint density at radius 3 is 2.41 bits per heavy atom. The number of methoxy groups -OCH3 is 1. The van der Waals surface area contributed by atoms with Crippen molar-refractivity contribution >= 4 is 34.6 Å². The number of carbonyl (C=O) groups excluding carboxylic acids is 1. The van der Waals surface area contributed by atoms with Crippen molar-refractivity contribution < 1.29 is 19.5 Å². The summed E-state index contributed by atoms with van der Waals surface area (Å²) in [7, 11) is 1.59. The Balaban J connectivity index is 2.03. The molecule has 0 unspecified atom stereocenters. The van der Waals surface area contributed by atoms with Gasteiger partial charge in [-0.2, -0.15) is 0 Å². The van der Waals surface area contributed by atoms with Gasteiger partial charge in [-0.1, -0.05) is 28.9 Å². The lowest BCUT2D eigenvalue weighted by Gasteiger charge is -2.04. The number of benzene rings is 2. The van der Waals surface area contributed by atoms with Gasteiger partial charge in [-0.05, 0) is 60.5 Å². The monoisotopic (exact) mass is 429 g/mol. The average Bonchev–Trinajstić information content (AvgIpc) is 3.13. The summed E-state index contributed by atoms with van der Waals surface area (Å²) in [6, 6.07) is 16.5. The van der Waals surface area contributed by atoms with Crippen molar-refractivity contribution in [2.75, 3.05) is 13.7 Å². The Hall–Kier alpha value is -2.83. The van der Waals surface area contributed by atoms with E-state index in [0.717, 1.165) is 26.4 Å². The van der Waals surface area contributed by atoms with Crippen LogP contribution in [0.15, 0.2) is 59.8 Å². The minimum atomic E-state index is -0.306. The van der Waals surface area contributed by atoms with Gasteiger partial charge < -0.3 is 14.7 Å².